The second-order valence-corrected chi connectivity index (χ2v) is 3.84. The lowest BCUT2D eigenvalue weighted by atomic mass is 10.1. The molecule has 1 aromatic rings. The van der Waals surface area contributed by atoms with Gasteiger partial charge in [0.05, 0.1) is 6.61 Å². The maximum absolute atomic E-state index is 5.71. The lowest BCUT2D eigenvalue weighted by Crippen LogP contribution is -2.07. The highest BCUT2D eigenvalue weighted by Crippen LogP contribution is 2.20. The van der Waals surface area contributed by atoms with Gasteiger partial charge >= 0.3 is 0 Å². The third-order valence-electron chi connectivity index (χ3n) is 2.38. The average molecular weight is 223 g/mol. The highest BCUT2D eigenvalue weighted by Gasteiger charge is 2.03. The van der Waals surface area contributed by atoms with Gasteiger partial charge < -0.3 is 15.2 Å². The number of ether oxygens (including phenoxy) is 2. The van der Waals surface area contributed by atoms with Crippen LogP contribution in [0.4, 0.5) is 0 Å². The zero-order valence-electron chi connectivity index (χ0n) is 10.2. The molecule has 0 amide bonds. The Morgan fingerprint density at radius 2 is 2.06 bits per heavy atom. The first-order valence-corrected chi connectivity index (χ1v) is 5.69. The normalized spacial score (nSPS) is 10.4. The quantitative estimate of drug-likeness (QED) is 0.718. The lowest BCUT2D eigenvalue weighted by molar-refractivity contribution is 0.172. The van der Waals surface area contributed by atoms with E-state index in [1.54, 1.807) is 7.11 Å². The number of rotatable bonds is 7. The first kappa shape index (κ1) is 13.0. The van der Waals surface area contributed by atoms with Crippen LogP contribution in [0.5, 0.6) is 5.75 Å². The van der Waals surface area contributed by atoms with Gasteiger partial charge in [0.2, 0.25) is 0 Å². The molecular weight excluding hydrogens is 202 g/mol. The second kappa shape index (κ2) is 7.25. The Balaban J connectivity index is 2.56. The summed E-state index contributed by atoms with van der Waals surface area (Å²) in [5, 5.41) is 0. The lowest BCUT2D eigenvalue weighted by Gasteiger charge is -2.11. The molecule has 0 bridgehead atoms. The largest absolute Gasteiger partial charge is 0.493 e. The Kier molecular flexibility index (Phi) is 5.90. The van der Waals surface area contributed by atoms with Crippen molar-refractivity contribution in [3.63, 3.8) is 0 Å². The molecule has 2 N–H and O–H groups in total. The summed E-state index contributed by atoms with van der Waals surface area (Å²) in [6, 6.07) is 6.22. The number of methoxy groups -OCH3 is 1. The maximum Gasteiger partial charge on any atom is 0.122 e. The molecule has 90 valence electrons. The van der Waals surface area contributed by atoms with Gasteiger partial charge in [0.15, 0.2) is 0 Å². The summed E-state index contributed by atoms with van der Waals surface area (Å²) in [6.45, 7) is 4.15. The van der Waals surface area contributed by atoms with Crippen LogP contribution in [-0.2, 0) is 11.2 Å². The highest BCUT2D eigenvalue weighted by atomic mass is 16.5. The van der Waals surface area contributed by atoms with Gasteiger partial charge in [0.25, 0.3) is 0 Å². The highest BCUT2D eigenvalue weighted by molar-refractivity contribution is 5.37. The van der Waals surface area contributed by atoms with Crippen LogP contribution in [0.3, 0.4) is 0 Å². The fourth-order valence-electron chi connectivity index (χ4n) is 1.59. The van der Waals surface area contributed by atoms with Crippen molar-refractivity contribution in [1.29, 1.82) is 0 Å². The molecule has 0 unspecified atom stereocenters. The molecule has 0 radical (unpaired) electrons. The molecular formula is C13H21NO2. The predicted octanol–water partition coefficient (Wildman–Crippen LogP) is 1.91. The Morgan fingerprint density at radius 3 is 2.75 bits per heavy atom. The summed E-state index contributed by atoms with van der Waals surface area (Å²) in [4.78, 5) is 0. The van der Waals surface area contributed by atoms with Gasteiger partial charge in [-0.25, -0.2) is 0 Å². The van der Waals surface area contributed by atoms with Gasteiger partial charge in [-0.05, 0) is 31.5 Å². The van der Waals surface area contributed by atoms with E-state index >= 15 is 0 Å². The molecule has 0 atom stereocenters. The number of hydrogen-bond donors (Lipinski definition) is 1. The fourth-order valence-corrected chi connectivity index (χ4v) is 1.59. The Labute approximate surface area is 97.6 Å². The molecule has 0 aromatic heterocycles. The topological polar surface area (TPSA) is 44.5 Å². The van der Waals surface area contributed by atoms with Crippen LogP contribution < -0.4 is 10.5 Å². The maximum atomic E-state index is 5.71. The van der Waals surface area contributed by atoms with Gasteiger partial charge in [0, 0.05) is 20.1 Å². The SMILES string of the molecule is COCCCOc1ccc(C)cc1CCN. The van der Waals surface area contributed by atoms with E-state index in [1.165, 1.54) is 11.1 Å². The minimum absolute atomic E-state index is 0.651. The molecule has 1 aromatic carbocycles. The van der Waals surface area contributed by atoms with Crippen LogP contribution >= 0.6 is 0 Å². The van der Waals surface area contributed by atoms with Gasteiger partial charge in [-0.3, -0.25) is 0 Å². The van der Waals surface area contributed by atoms with Crippen LogP contribution in [0, 0.1) is 6.92 Å². The molecule has 0 spiro atoms. The second-order valence-electron chi connectivity index (χ2n) is 3.84. The van der Waals surface area contributed by atoms with E-state index in [4.69, 9.17) is 15.2 Å². The monoisotopic (exact) mass is 223 g/mol. The van der Waals surface area contributed by atoms with E-state index in [1.807, 2.05) is 6.07 Å². The summed E-state index contributed by atoms with van der Waals surface area (Å²) in [5.41, 5.74) is 8.02. The molecule has 0 saturated carbocycles. The van der Waals surface area contributed by atoms with Gasteiger partial charge in [-0.2, -0.15) is 0 Å². The van der Waals surface area contributed by atoms with Crippen molar-refractivity contribution in [3.05, 3.63) is 29.3 Å². The van der Waals surface area contributed by atoms with E-state index < -0.39 is 0 Å². The average Bonchev–Trinajstić information content (AvgIpc) is 2.27. The molecule has 3 heteroatoms. The van der Waals surface area contributed by atoms with E-state index in [0.29, 0.717) is 13.2 Å². The number of hydrogen-bond acceptors (Lipinski definition) is 3. The summed E-state index contributed by atoms with van der Waals surface area (Å²) >= 11 is 0. The molecule has 0 aliphatic heterocycles. The zero-order valence-corrected chi connectivity index (χ0v) is 10.2. The minimum atomic E-state index is 0.651. The smallest absolute Gasteiger partial charge is 0.122 e. The zero-order chi connectivity index (χ0) is 11.8. The molecule has 0 saturated heterocycles. The molecule has 16 heavy (non-hydrogen) atoms. The van der Waals surface area contributed by atoms with Crippen LogP contribution in [0.2, 0.25) is 0 Å². The van der Waals surface area contributed by atoms with Crippen molar-refractivity contribution in [2.24, 2.45) is 5.73 Å². The summed E-state index contributed by atoms with van der Waals surface area (Å²) in [6.07, 6.45) is 1.77. The van der Waals surface area contributed by atoms with Gasteiger partial charge in [0.1, 0.15) is 5.75 Å². The van der Waals surface area contributed by atoms with Crippen LogP contribution in [0.15, 0.2) is 18.2 Å². The number of aryl methyl sites for hydroxylation is 1. The summed E-state index contributed by atoms with van der Waals surface area (Å²) < 4.78 is 10.7. The van der Waals surface area contributed by atoms with Crippen molar-refractivity contribution < 1.29 is 9.47 Å². The standard InChI is InChI=1S/C13H21NO2/c1-11-4-5-13(12(10-11)6-7-14)16-9-3-8-15-2/h4-5,10H,3,6-9,14H2,1-2H3. The molecule has 1 rings (SSSR count). The molecule has 3 nitrogen and oxygen atoms in total. The van der Waals surface area contributed by atoms with E-state index in [0.717, 1.165) is 25.2 Å². The van der Waals surface area contributed by atoms with Crippen molar-refractivity contribution in [2.75, 3.05) is 26.9 Å². The van der Waals surface area contributed by atoms with Crippen molar-refractivity contribution in [3.8, 4) is 5.75 Å². The minimum Gasteiger partial charge on any atom is -0.493 e. The van der Waals surface area contributed by atoms with Crippen LogP contribution in [0.25, 0.3) is 0 Å². The number of benzene rings is 1. The Bertz CT molecular complexity index is 313. The van der Waals surface area contributed by atoms with Gasteiger partial charge in [-0.1, -0.05) is 17.7 Å². The van der Waals surface area contributed by atoms with Crippen molar-refractivity contribution in [2.45, 2.75) is 19.8 Å². The first-order chi connectivity index (χ1) is 7.77. The summed E-state index contributed by atoms with van der Waals surface area (Å²) in [7, 11) is 1.70. The molecule has 0 aliphatic carbocycles. The third-order valence-corrected chi connectivity index (χ3v) is 2.38. The first-order valence-electron chi connectivity index (χ1n) is 5.69. The molecule has 0 heterocycles. The van der Waals surface area contributed by atoms with Crippen LogP contribution in [0.1, 0.15) is 17.5 Å². The van der Waals surface area contributed by atoms with E-state index in [9.17, 15) is 0 Å². The molecule has 0 fully saturated rings. The Morgan fingerprint density at radius 1 is 1.25 bits per heavy atom. The Hall–Kier alpha value is -1.06. The van der Waals surface area contributed by atoms with Crippen molar-refractivity contribution in [1.82, 2.24) is 0 Å². The van der Waals surface area contributed by atoms with Crippen LogP contribution in [-0.4, -0.2) is 26.9 Å². The summed E-state index contributed by atoms with van der Waals surface area (Å²) in [5.74, 6) is 0.951. The van der Waals surface area contributed by atoms with Gasteiger partial charge in [-0.15, -0.1) is 0 Å². The fraction of sp³-hybridized carbons (Fsp3) is 0.538. The molecule has 0 aliphatic rings. The number of nitrogens with two attached hydrogens (primary N) is 1. The predicted molar refractivity (Wildman–Crippen MR) is 65.9 cm³/mol. The van der Waals surface area contributed by atoms with E-state index in [-0.39, 0.29) is 0 Å². The third kappa shape index (κ3) is 4.21. The van der Waals surface area contributed by atoms with E-state index in [2.05, 4.69) is 19.1 Å². The van der Waals surface area contributed by atoms with Crippen molar-refractivity contribution >= 4 is 0 Å².